The number of aryl methyl sites for hydroxylation is 2. The first-order valence-electron chi connectivity index (χ1n) is 6.20. The van der Waals surface area contributed by atoms with Gasteiger partial charge in [-0.15, -0.1) is 0 Å². The molecule has 0 heterocycles. The number of hydrogen-bond acceptors (Lipinski definition) is 2. The van der Waals surface area contributed by atoms with Crippen molar-refractivity contribution in [3.8, 4) is 5.75 Å². The summed E-state index contributed by atoms with van der Waals surface area (Å²) in [6.07, 6.45) is 0. The first kappa shape index (κ1) is 15.9. The highest BCUT2D eigenvalue weighted by Gasteiger charge is 2.10. The number of aromatic hydroxyl groups is 1. The van der Waals surface area contributed by atoms with Gasteiger partial charge in [-0.25, -0.2) is 4.79 Å². The normalized spacial score (nSPS) is 10.3. The zero-order chi connectivity index (χ0) is 15.6. The minimum Gasteiger partial charge on any atom is -0.506 e. The molecule has 3 N–H and O–H groups in total. The summed E-state index contributed by atoms with van der Waals surface area (Å²) in [7, 11) is 0. The average molecular weight is 414 g/mol. The Morgan fingerprint density at radius 2 is 1.57 bits per heavy atom. The molecule has 0 aliphatic carbocycles. The Bertz CT molecular complexity index is 659. The number of nitrogens with one attached hydrogen (secondary N) is 2. The molecule has 110 valence electrons. The van der Waals surface area contributed by atoms with Gasteiger partial charge >= 0.3 is 6.03 Å². The predicted molar refractivity (Wildman–Crippen MR) is 92.1 cm³/mol. The number of carbonyl (C=O) groups is 1. The lowest BCUT2D eigenvalue weighted by atomic mass is 10.1. The maximum absolute atomic E-state index is 12.1. The molecule has 0 unspecified atom stereocenters. The highest BCUT2D eigenvalue weighted by atomic mass is 79.9. The fourth-order valence-corrected chi connectivity index (χ4v) is 3.11. The van der Waals surface area contributed by atoms with Crippen LogP contribution in [0.4, 0.5) is 16.2 Å². The van der Waals surface area contributed by atoms with E-state index in [4.69, 9.17) is 0 Å². The molecule has 0 fully saturated rings. The lowest BCUT2D eigenvalue weighted by Gasteiger charge is -2.13. The van der Waals surface area contributed by atoms with Gasteiger partial charge in [0, 0.05) is 11.4 Å². The molecule has 0 radical (unpaired) electrons. The van der Waals surface area contributed by atoms with Crippen LogP contribution in [0.1, 0.15) is 11.1 Å². The number of phenols is 1. The van der Waals surface area contributed by atoms with E-state index in [0.717, 1.165) is 16.8 Å². The molecule has 2 rings (SSSR count). The Labute approximate surface area is 139 Å². The van der Waals surface area contributed by atoms with Crippen molar-refractivity contribution in [1.29, 1.82) is 0 Å². The summed E-state index contributed by atoms with van der Waals surface area (Å²) in [5.74, 6) is 0.0932. The summed E-state index contributed by atoms with van der Waals surface area (Å²) in [5, 5.41) is 15.2. The van der Waals surface area contributed by atoms with Crippen LogP contribution in [0.5, 0.6) is 5.75 Å². The molecule has 0 saturated heterocycles. The van der Waals surface area contributed by atoms with Crippen LogP contribution in [0.3, 0.4) is 0 Å². The van der Waals surface area contributed by atoms with E-state index < -0.39 is 0 Å². The van der Waals surface area contributed by atoms with Crippen molar-refractivity contribution >= 4 is 49.3 Å². The fraction of sp³-hybridized carbons (Fsp3) is 0.133. The molecule has 2 aromatic carbocycles. The van der Waals surface area contributed by atoms with Crippen molar-refractivity contribution in [2.45, 2.75) is 13.8 Å². The first-order chi connectivity index (χ1) is 9.88. The number of carbonyl (C=O) groups excluding carboxylic acids is 1. The quantitative estimate of drug-likeness (QED) is 0.594. The molecule has 2 aromatic rings. The second-order valence-corrected chi connectivity index (χ2v) is 6.34. The molecule has 0 saturated carbocycles. The number of anilines is 2. The van der Waals surface area contributed by atoms with Crippen LogP contribution in [-0.4, -0.2) is 11.1 Å². The number of phenolic OH excluding ortho intramolecular Hbond substituents is 1. The monoisotopic (exact) mass is 412 g/mol. The standard InChI is InChI=1S/C15H14Br2N2O2/c1-8-4-3-5-9(2)13(8)19-15(21)18-10-6-11(16)14(20)12(17)7-10/h3-7,20H,1-2H3,(H2,18,19,21). The van der Waals surface area contributed by atoms with Gasteiger partial charge in [-0.3, -0.25) is 0 Å². The molecule has 0 aliphatic rings. The second-order valence-electron chi connectivity index (χ2n) is 4.63. The summed E-state index contributed by atoms with van der Waals surface area (Å²) in [6.45, 7) is 3.88. The van der Waals surface area contributed by atoms with Crippen LogP contribution in [-0.2, 0) is 0 Å². The lowest BCUT2D eigenvalue weighted by molar-refractivity contribution is 0.262. The smallest absolute Gasteiger partial charge is 0.323 e. The van der Waals surface area contributed by atoms with Gasteiger partial charge in [-0.2, -0.15) is 0 Å². The zero-order valence-electron chi connectivity index (χ0n) is 11.5. The number of benzene rings is 2. The summed E-state index contributed by atoms with van der Waals surface area (Å²) >= 11 is 6.45. The van der Waals surface area contributed by atoms with E-state index in [-0.39, 0.29) is 11.8 Å². The van der Waals surface area contributed by atoms with E-state index in [1.807, 2.05) is 32.0 Å². The van der Waals surface area contributed by atoms with E-state index in [1.165, 1.54) is 0 Å². The third-order valence-corrected chi connectivity index (χ3v) is 4.20. The number of halogens is 2. The van der Waals surface area contributed by atoms with E-state index in [0.29, 0.717) is 14.6 Å². The third-order valence-electron chi connectivity index (χ3n) is 2.99. The van der Waals surface area contributed by atoms with Crippen LogP contribution in [0.25, 0.3) is 0 Å². The van der Waals surface area contributed by atoms with E-state index in [1.54, 1.807) is 12.1 Å². The molecule has 0 aromatic heterocycles. The van der Waals surface area contributed by atoms with Crippen molar-refractivity contribution in [3.05, 3.63) is 50.4 Å². The minimum absolute atomic E-state index is 0.0932. The molecule has 0 aliphatic heterocycles. The van der Waals surface area contributed by atoms with Gasteiger partial charge in [-0.1, -0.05) is 18.2 Å². The molecule has 21 heavy (non-hydrogen) atoms. The van der Waals surface area contributed by atoms with Gasteiger partial charge in [-0.05, 0) is 69.0 Å². The average Bonchev–Trinajstić information content (AvgIpc) is 2.40. The number of rotatable bonds is 2. The number of para-hydroxylation sites is 1. The van der Waals surface area contributed by atoms with Crippen LogP contribution in [0.15, 0.2) is 39.3 Å². The Hall–Kier alpha value is -1.53. The number of amides is 2. The molecular formula is C15H14Br2N2O2. The van der Waals surface area contributed by atoms with Crippen molar-refractivity contribution in [2.24, 2.45) is 0 Å². The van der Waals surface area contributed by atoms with Crippen molar-refractivity contribution in [3.63, 3.8) is 0 Å². The Morgan fingerprint density at radius 3 is 2.10 bits per heavy atom. The summed E-state index contributed by atoms with van der Waals surface area (Å²) in [5.41, 5.74) is 3.36. The second kappa shape index (κ2) is 6.49. The van der Waals surface area contributed by atoms with Crippen molar-refractivity contribution in [2.75, 3.05) is 10.6 Å². The predicted octanol–water partition coefficient (Wildman–Crippen LogP) is 5.18. The van der Waals surface area contributed by atoms with Crippen molar-refractivity contribution in [1.82, 2.24) is 0 Å². The zero-order valence-corrected chi connectivity index (χ0v) is 14.7. The Morgan fingerprint density at radius 1 is 1.05 bits per heavy atom. The van der Waals surface area contributed by atoms with Gasteiger partial charge in [0.15, 0.2) is 0 Å². The van der Waals surface area contributed by atoms with Gasteiger partial charge in [0.2, 0.25) is 0 Å². The fourth-order valence-electron chi connectivity index (χ4n) is 1.93. The molecular weight excluding hydrogens is 400 g/mol. The summed E-state index contributed by atoms with van der Waals surface area (Å²) in [4.78, 5) is 12.1. The lowest BCUT2D eigenvalue weighted by Crippen LogP contribution is -2.20. The third kappa shape index (κ3) is 3.77. The molecule has 0 atom stereocenters. The summed E-state index contributed by atoms with van der Waals surface area (Å²) in [6, 6.07) is 8.75. The Balaban J connectivity index is 2.16. The maximum atomic E-state index is 12.1. The topological polar surface area (TPSA) is 61.4 Å². The Kier molecular flexibility index (Phi) is 4.90. The van der Waals surface area contributed by atoms with Gasteiger partial charge in [0.05, 0.1) is 8.95 Å². The SMILES string of the molecule is Cc1cccc(C)c1NC(=O)Nc1cc(Br)c(O)c(Br)c1. The maximum Gasteiger partial charge on any atom is 0.323 e. The highest BCUT2D eigenvalue weighted by Crippen LogP contribution is 2.35. The first-order valence-corrected chi connectivity index (χ1v) is 7.79. The molecule has 4 nitrogen and oxygen atoms in total. The van der Waals surface area contributed by atoms with Crippen LogP contribution in [0.2, 0.25) is 0 Å². The number of urea groups is 1. The van der Waals surface area contributed by atoms with Crippen LogP contribution < -0.4 is 10.6 Å². The summed E-state index contributed by atoms with van der Waals surface area (Å²) < 4.78 is 0.999. The highest BCUT2D eigenvalue weighted by molar-refractivity contribution is 9.11. The molecule has 0 spiro atoms. The van der Waals surface area contributed by atoms with Crippen LogP contribution in [0, 0.1) is 13.8 Å². The molecule has 0 bridgehead atoms. The van der Waals surface area contributed by atoms with Crippen LogP contribution >= 0.6 is 31.9 Å². The molecule has 2 amide bonds. The van der Waals surface area contributed by atoms with E-state index in [9.17, 15) is 9.90 Å². The van der Waals surface area contributed by atoms with Crippen molar-refractivity contribution < 1.29 is 9.90 Å². The van der Waals surface area contributed by atoms with Gasteiger partial charge < -0.3 is 15.7 Å². The van der Waals surface area contributed by atoms with E-state index in [2.05, 4.69) is 42.5 Å². The largest absolute Gasteiger partial charge is 0.506 e. The van der Waals surface area contributed by atoms with Gasteiger partial charge in [0.25, 0.3) is 0 Å². The van der Waals surface area contributed by atoms with E-state index >= 15 is 0 Å². The number of hydrogen-bond donors (Lipinski definition) is 3. The minimum atomic E-state index is -0.336. The van der Waals surface area contributed by atoms with Gasteiger partial charge in [0.1, 0.15) is 5.75 Å². The molecule has 6 heteroatoms.